The highest BCUT2D eigenvalue weighted by atomic mass is 15.3. The molecule has 3 rings (SSSR count). The lowest BCUT2D eigenvalue weighted by Crippen LogP contribution is -2.39. The van der Waals surface area contributed by atoms with Gasteiger partial charge in [-0.2, -0.15) is 5.10 Å². The van der Waals surface area contributed by atoms with Crippen molar-refractivity contribution in [3.05, 3.63) is 23.9 Å². The summed E-state index contributed by atoms with van der Waals surface area (Å²) in [7, 11) is 0. The quantitative estimate of drug-likeness (QED) is 0.636. The largest absolute Gasteiger partial charge is 0.357 e. The van der Waals surface area contributed by atoms with Crippen molar-refractivity contribution in [2.45, 2.75) is 19.6 Å². The highest BCUT2D eigenvalue weighted by molar-refractivity contribution is 5.86. The van der Waals surface area contributed by atoms with E-state index in [0.29, 0.717) is 0 Å². The standard InChI is InChI=1S/C12H17N5/c1-2-9-10(16-12-13-5-6-14-12)4-3-8-7-15-17-11(8)9/h3-4,7,12-14,16H,2,5-6H2,1H3,(H,15,17). The smallest absolute Gasteiger partial charge is 0.132 e. The van der Waals surface area contributed by atoms with Gasteiger partial charge in [0.25, 0.3) is 0 Å². The summed E-state index contributed by atoms with van der Waals surface area (Å²) in [5, 5.41) is 18.5. The first-order chi connectivity index (χ1) is 8.38. The molecule has 2 heterocycles. The summed E-state index contributed by atoms with van der Waals surface area (Å²) in [6.07, 6.45) is 3.01. The van der Waals surface area contributed by atoms with E-state index in [-0.39, 0.29) is 6.29 Å². The molecule has 0 aliphatic carbocycles. The second-order valence-electron chi connectivity index (χ2n) is 4.27. The minimum absolute atomic E-state index is 0.167. The lowest BCUT2D eigenvalue weighted by atomic mass is 10.1. The molecule has 90 valence electrons. The zero-order valence-electron chi connectivity index (χ0n) is 9.88. The number of nitrogens with one attached hydrogen (secondary N) is 4. The molecule has 0 bridgehead atoms. The highest BCUT2D eigenvalue weighted by Crippen LogP contribution is 2.25. The Morgan fingerprint density at radius 3 is 2.94 bits per heavy atom. The van der Waals surface area contributed by atoms with Gasteiger partial charge in [-0.3, -0.25) is 15.7 Å². The van der Waals surface area contributed by atoms with Crippen LogP contribution >= 0.6 is 0 Å². The number of benzene rings is 1. The number of hydrogen-bond donors (Lipinski definition) is 4. The van der Waals surface area contributed by atoms with Crippen LogP contribution in [0.5, 0.6) is 0 Å². The number of aromatic nitrogens is 2. The SMILES string of the molecule is CCc1c(NC2NCCN2)ccc2cn[nH]c12. The minimum Gasteiger partial charge on any atom is -0.357 e. The van der Waals surface area contributed by atoms with Crippen molar-refractivity contribution in [2.24, 2.45) is 0 Å². The third kappa shape index (κ3) is 1.87. The first-order valence-corrected chi connectivity index (χ1v) is 6.06. The first-order valence-electron chi connectivity index (χ1n) is 6.06. The Bertz CT molecular complexity index is 513. The van der Waals surface area contributed by atoms with Gasteiger partial charge in [-0.25, -0.2) is 0 Å². The van der Waals surface area contributed by atoms with E-state index in [9.17, 15) is 0 Å². The molecule has 1 aliphatic heterocycles. The van der Waals surface area contributed by atoms with Crippen LogP contribution < -0.4 is 16.0 Å². The fourth-order valence-electron chi connectivity index (χ4n) is 2.34. The topological polar surface area (TPSA) is 64.8 Å². The van der Waals surface area contributed by atoms with Crippen molar-refractivity contribution in [2.75, 3.05) is 18.4 Å². The van der Waals surface area contributed by atoms with Gasteiger partial charge >= 0.3 is 0 Å². The molecule has 0 spiro atoms. The zero-order valence-corrected chi connectivity index (χ0v) is 9.88. The number of H-pyrrole nitrogens is 1. The lowest BCUT2D eigenvalue weighted by molar-refractivity contribution is 0.620. The van der Waals surface area contributed by atoms with Crippen LogP contribution in [0, 0.1) is 0 Å². The van der Waals surface area contributed by atoms with Gasteiger partial charge in [0.2, 0.25) is 0 Å². The Morgan fingerprint density at radius 1 is 1.35 bits per heavy atom. The molecule has 1 aliphatic rings. The summed E-state index contributed by atoms with van der Waals surface area (Å²) < 4.78 is 0. The fraction of sp³-hybridized carbons (Fsp3) is 0.417. The normalized spacial score (nSPS) is 16.8. The van der Waals surface area contributed by atoms with Gasteiger partial charge in [0.1, 0.15) is 6.29 Å². The van der Waals surface area contributed by atoms with Crippen LogP contribution in [0.15, 0.2) is 18.3 Å². The highest BCUT2D eigenvalue weighted by Gasteiger charge is 2.15. The summed E-state index contributed by atoms with van der Waals surface area (Å²) in [6, 6.07) is 4.22. The predicted octanol–water partition coefficient (Wildman–Crippen LogP) is 1.01. The maximum Gasteiger partial charge on any atom is 0.132 e. The summed E-state index contributed by atoms with van der Waals surface area (Å²) in [5.41, 5.74) is 3.59. The van der Waals surface area contributed by atoms with Crippen LogP contribution in [0.4, 0.5) is 5.69 Å². The van der Waals surface area contributed by atoms with E-state index in [4.69, 9.17) is 0 Å². The van der Waals surface area contributed by atoms with Crippen molar-refractivity contribution in [3.63, 3.8) is 0 Å². The van der Waals surface area contributed by atoms with Gasteiger partial charge in [0.05, 0.1) is 11.7 Å². The molecule has 0 unspecified atom stereocenters. The molecule has 0 atom stereocenters. The van der Waals surface area contributed by atoms with E-state index in [1.165, 1.54) is 10.9 Å². The zero-order chi connectivity index (χ0) is 11.7. The van der Waals surface area contributed by atoms with Crippen LogP contribution in [0.2, 0.25) is 0 Å². The monoisotopic (exact) mass is 231 g/mol. The Kier molecular flexibility index (Phi) is 2.70. The molecular weight excluding hydrogens is 214 g/mol. The van der Waals surface area contributed by atoms with Gasteiger partial charge in [-0.15, -0.1) is 0 Å². The van der Waals surface area contributed by atoms with Gasteiger partial charge in [0.15, 0.2) is 0 Å². The van der Waals surface area contributed by atoms with Crippen molar-refractivity contribution >= 4 is 16.6 Å². The van der Waals surface area contributed by atoms with Crippen LogP contribution in [-0.2, 0) is 6.42 Å². The number of anilines is 1. The number of aryl methyl sites for hydroxylation is 1. The maximum absolute atomic E-state index is 4.10. The predicted molar refractivity (Wildman–Crippen MR) is 68.9 cm³/mol. The van der Waals surface area contributed by atoms with Crippen LogP contribution in [0.25, 0.3) is 10.9 Å². The Balaban J connectivity index is 1.96. The van der Waals surface area contributed by atoms with Crippen molar-refractivity contribution < 1.29 is 0 Å². The molecule has 0 saturated carbocycles. The molecule has 5 heteroatoms. The summed E-state index contributed by atoms with van der Waals surface area (Å²) >= 11 is 0. The van der Waals surface area contributed by atoms with Crippen molar-refractivity contribution in [1.82, 2.24) is 20.8 Å². The van der Waals surface area contributed by atoms with E-state index in [1.54, 1.807) is 0 Å². The summed E-state index contributed by atoms with van der Waals surface area (Å²) in [6.45, 7) is 4.17. The van der Waals surface area contributed by atoms with E-state index >= 15 is 0 Å². The number of nitrogens with zero attached hydrogens (tertiary/aromatic N) is 1. The van der Waals surface area contributed by atoms with Crippen molar-refractivity contribution in [1.29, 1.82) is 0 Å². The molecule has 2 aromatic rings. The van der Waals surface area contributed by atoms with E-state index in [2.05, 4.69) is 45.2 Å². The van der Waals surface area contributed by atoms with E-state index < -0.39 is 0 Å². The Morgan fingerprint density at radius 2 is 2.18 bits per heavy atom. The van der Waals surface area contributed by atoms with Gasteiger partial charge < -0.3 is 5.32 Å². The summed E-state index contributed by atoms with van der Waals surface area (Å²) in [4.78, 5) is 0. The average Bonchev–Trinajstić information content (AvgIpc) is 2.98. The molecule has 1 aromatic carbocycles. The second kappa shape index (κ2) is 4.35. The van der Waals surface area contributed by atoms with Gasteiger partial charge in [-0.05, 0) is 18.6 Å². The van der Waals surface area contributed by atoms with Gasteiger partial charge in [-0.1, -0.05) is 6.92 Å². The molecule has 4 N–H and O–H groups in total. The van der Waals surface area contributed by atoms with Crippen LogP contribution in [-0.4, -0.2) is 29.6 Å². The number of fused-ring (bicyclic) bond motifs is 1. The first kappa shape index (κ1) is 10.6. The Labute approximate surface area is 100.0 Å². The van der Waals surface area contributed by atoms with Crippen LogP contribution in [0.3, 0.4) is 0 Å². The maximum atomic E-state index is 4.10. The van der Waals surface area contributed by atoms with Gasteiger partial charge in [0, 0.05) is 29.7 Å². The number of aromatic amines is 1. The number of rotatable bonds is 3. The molecule has 0 radical (unpaired) electrons. The lowest BCUT2D eigenvalue weighted by Gasteiger charge is -2.17. The molecular formula is C12H17N5. The third-order valence-corrected chi connectivity index (χ3v) is 3.20. The van der Waals surface area contributed by atoms with Crippen LogP contribution in [0.1, 0.15) is 12.5 Å². The molecule has 1 aromatic heterocycles. The molecule has 5 nitrogen and oxygen atoms in total. The molecule has 17 heavy (non-hydrogen) atoms. The summed E-state index contributed by atoms with van der Waals surface area (Å²) in [5.74, 6) is 0. The fourth-order valence-corrected chi connectivity index (χ4v) is 2.34. The molecule has 1 fully saturated rings. The molecule has 0 amide bonds. The third-order valence-electron chi connectivity index (χ3n) is 3.20. The van der Waals surface area contributed by atoms with Crippen molar-refractivity contribution in [3.8, 4) is 0 Å². The second-order valence-corrected chi connectivity index (χ2v) is 4.27. The minimum atomic E-state index is 0.167. The van der Waals surface area contributed by atoms with E-state index in [0.717, 1.165) is 30.7 Å². The number of hydrogen-bond acceptors (Lipinski definition) is 4. The average molecular weight is 231 g/mol. The van der Waals surface area contributed by atoms with E-state index in [1.807, 2.05) is 6.20 Å². The Hall–Kier alpha value is -1.59. The molecule has 1 saturated heterocycles.